The Hall–Kier alpha value is -4.32. The normalized spacial score (nSPS) is 11.6. The third-order valence-electron chi connectivity index (χ3n) is 6.27. The summed E-state index contributed by atoms with van der Waals surface area (Å²) in [6.07, 6.45) is 0.748. The maximum atomic E-state index is 14.3. The van der Waals surface area contributed by atoms with Crippen molar-refractivity contribution in [3.05, 3.63) is 58.6 Å². The molecule has 0 saturated heterocycles. The number of hydrogen-bond acceptors (Lipinski definition) is 9. The molecule has 214 valence electrons. The number of nitrogens with one attached hydrogen (secondary N) is 1. The molecule has 3 aromatic rings. The molecule has 0 fully saturated rings. The van der Waals surface area contributed by atoms with E-state index in [1.807, 2.05) is 31.1 Å². The number of carbonyl (C=O) groups is 3. The number of primary amides is 1. The zero-order chi connectivity index (χ0) is 29.6. The smallest absolute Gasteiger partial charge is 0.273 e. The van der Waals surface area contributed by atoms with E-state index >= 15 is 0 Å². The van der Waals surface area contributed by atoms with Crippen molar-refractivity contribution in [3.63, 3.8) is 0 Å². The quantitative estimate of drug-likeness (QED) is 0.300. The Bertz CT molecular complexity index is 1360. The number of amides is 3. The molecule has 0 aliphatic carbocycles. The number of nitrogen functional groups attached to an aromatic ring is 1. The summed E-state index contributed by atoms with van der Waals surface area (Å²) in [6.45, 7) is 4.53. The summed E-state index contributed by atoms with van der Waals surface area (Å²) in [4.78, 5) is 43.3. The van der Waals surface area contributed by atoms with E-state index in [0.29, 0.717) is 29.5 Å². The number of rotatable bonds is 12. The molecule has 1 aromatic heterocycles. The fourth-order valence-corrected chi connectivity index (χ4v) is 4.78. The van der Waals surface area contributed by atoms with Gasteiger partial charge < -0.3 is 31.2 Å². The van der Waals surface area contributed by atoms with Crippen molar-refractivity contribution in [1.29, 1.82) is 0 Å². The lowest BCUT2D eigenvalue weighted by Gasteiger charge is -2.32. The summed E-state index contributed by atoms with van der Waals surface area (Å²) < 4.78 is 15.0. The fraction of sp³-hybridized carbons (Fsp3) is 0.357. The molecule has 12 heteroatoms. The van der Waals surface area contributed by atoms with E-state index < -0.39 is 23.8 Å². The number of nitrogens with two attached hydrogens (primary N) is 2. The highest BCUT2D eigenvalue weighted by atomic mass is 32.1. The molecule has 1 atom stereocenters. The molecular weight excluding hydrogens is 532 g/mol. The lowest BCUT2D eigenvalue weighted by Crippen LogP contribution is -2.44. The minimum absolute atomic E-state index is 0.0384. The standard InChI is InChI=1S/C28H36N6O5S/c1-16(2)13-14-31-27(36)24(17-7-9-18(10-8-17)33(3)4)34(20-15-19(38-5)11-12-21(20)39-6)28(37)25-22(29)23(26(30)35)32-40-25/h7-12,15-16,24H,13-14,29H2,1-6H3,(H2,30,35)(H,31,36)/t24-/m1/s1. The van der Waals surface area contributed by atoms with E-state index in [4.69, 9.17) is 20.9 Å². The van der Waals surface area contributed by atoms with Gasteiger partial charge in [-0.05, 0) is 53.7 Å². The Morgan fingerprint density at radius 1 is 1.05 bits per heavy atom. The highest BCUT2D eigenvalue weighted by molar-refractivity contribution is 7.09. The molecule has 40 heavy (non-hydrogen) atoms. The lowest BCUT2D eigenvalue weighted by atomic mass is 10.0. The molecule has 1 heterocycles. The van der Waals surface area contributed by atoms with Gasteiger partial charge in [0.2, 0.25) is 5.91 Å². The van der Waals surface area contributed by atoms with Gasteiger partial charge in [-0.3, -0.25) is 19.3 Å². The van der Waals surface area contributed by atoms with Gasteiger partial charge in [0.05, 0.1) is 25.6 Å². The molecule has 0 spiro atoms. The average Bonchev–Trinajstić information content (AvgIpc) is 3.32. The molecule has 0 radical (unpaired) electrons. The Balaban J connectivity index is 2.27. The van der Waals surface area contributed by atoms with Crippen LogP contribution in [0.4, 0.5) is 17.1 Å². The SMILES string of the molecule is COc1ccc(OC)c(N(C(=O)c2snc(C(N)=O)c2N)[C@@H](C(=O)NCCC(C)C)c2ccc(N(C)C)cc2)c1. The fourth-order valence-electron chi connectivity index (χ4n) is 4.04. The Morgan fingerprint density at radius 3 is 2.25 bits per heavy atom. The Morgan fingerprint density at radius 2 is 1.73 bits per heavy atom. The molecule has 2 aromatic carbocycles. The van der Waals surface area contributed by atoms with Crippen molar-refractivity contribution in [3.8, 4) is 11.5 Å². The van der Waals surface area contributed by atoms with Crippen LogP contribution >= 0.6 is 11.5 Å². The maximum Gasteiger partial charge on any atom is 0.273 e. The summed E-state index contributed by atoms with van der Waals surface area (Å²) >= 11 is 0.734. The van der Waals surface area contributed by atoms with Crippen LogP contribution in [0.15, 0.2) is 42.5 Å². The topological polar surface area (TPSA) is 153 Å². The Kier molecular flexibility index (Phi) is 9.94. The van der Waals surface area contributed by atoms with Gasteiger partial charge >= 0.3 is 0 Å². The van der Waals surface area contributed by atoms with E-state index in [2.05, 4.69) is 23.5 Å². The molecule has 3 rings (SSSR count). The zero-order valence-corrected chi connectivity index (χ0v) is 24.4. The number of benzene rings is 2. The van der Waals surface area contributed by atoms with Gasteiger partial charge in [-0.15, -0.1) is 0 Å². The van der Waals surface area contributed by atoms with E-state index in [9.17, 15) is 14.4 Å². The molecular formula is C28H36N6O5S. The molecule has 0 unspecified atom stereocenters. The second-order valence-electron chi connectivity index (χ2n) is 9.71. The van der Waals surface area contributed by atoms with Gasteiger partial charge in [0.15, 0.2) is 5.69 Å². The van der Waals surface area contributed by atoms with Gasteiger partial charge in [0.25, 0.3) is 11.8 Å². The first-order valence-electron chi connectivity index (χ1n) is 12.7. The minimum atomic E-state index is -1.14. The number of carbonyl (C=O) groups excluding carboxylic acids is 3. The zero-order valence-electron chi connectivity index (χ0n) is 23.6. The summed E-state index contributed by atoms with van der Waals surface area (Å²) in [5.74, 6) is -0.813. The number of ether oxygens (including phenoxy) is 2. The van der Waals surface area contributed by atoms with Crippen LogP contribution in [0.2, 0.25) is 0 Å². The predicted molar refractivity (Wildman–Crippen MR) is 157 cm³/mol. The van der Waals surface area contributed by atoms with Gasteiger partial charge in [0, 0.05) is 32.4 Å². The van der Waals surface area contributed by atoms with E-state index in [1.165, 1.54) is 19.1 Å². The third-order valence-corrected chi connectivity index (χ3v) is 7.12. The van der Waals surface area contributed by atoms with Gasteiger partial charge in [0.1, 0.15) is 22.4 Å². The second kappa shape index (κ2) is 13.2. The number of methoxy groups -OCH3 is 2. The first-order chi connectivity index (χ1) is 19.0. The predicted octanol–water partition coefficient (Wildman–Crippen LogP) is 3.46. The highest BCUT2D eigenvalue weighted by Crippen LogP contribution is 2.40. The summed E-state index contributed by atoms with van der Waals surface area (Å²) in [5.41, 5.74) is 12.9. The van der Waals surface area contributed by atoms with Gasteiger partial charge in [-0.25, -0.2) is 0 Å². The lowest BCUT2D eigenvalue weighted by molar-refractivity contribution is -0.122. The van der Waals surface area contributed by atoms with Crippen LogP contribution < -0.4 is 36.1 Å². The van der Waals surface area contributed by atoms with Crippen LogP contribution in [0.3, 0.4) is 0 Å². The summed E-state index contributed by atoms with van der Waals surface area (Å²) in [6, 6.07) is 11.1. The van der Waals surface area contributed by atoms with Crippen LogP contribution in [0, 0.1) is 5.92 Å². The summed E-state index contributed by atoms with van der Waals surface area (Å²) in [5, 5.41) is 2.98. The molecule has 11 nitrogen and oxygen atoms in total. The third kappa shape index (κ3) is 6.63. The van der Waals surface area contributed by atoms with Crippen molar-refractivity contribution >= 4 is 46.3 Å². The van der Waals surface area contributed by atoms with Gasteiger partial charge in [-0.2, -0.15) is 4.37 Å². The number of aromatic nitrogens is 1. The minimum Gasteiger partial charge on any atom is -0.497 e. The van der Waals surface area contributed by atoms with Crippen molar-refractivity contribution < 1.29 is 23.9 Å². The first kappa shape index (κ1) is 30.2. The number of hydrogen-bond donors (Lipinski definition) is 3. The van der Waals surface area contributed by atoms with Crippen LogP contribution in [-0.2, 0) is 4.79 Å². The molecule has 3 amide bonds. The second-order valence-corrected chi connectivity index (χ2v) is 10.5. The number of nitrogens with zero attached hydrogens (tertiary/aromatic N) is 3. The molecule has 0 aliphatic rings. The average molecular weight is 569 g/mol. The molecule has 5 N–H and O–H groups in total. The van der Waals surface area contributed by atoms with Crippen molar-refractivity contribution in [2.75, 3.05) is 50.4 Å². The maximum absolute atomic E-state index is 14.3. The van der Waals surface area contributed by atoms with Crippen LogP contribution in [-0.4, -0.2) is 57.0 Å². The molecule has 0 bridgehead atoms. The number of anilines is 3. The summed E-state index contributed by atoms with van der Waals surface area (Å²) in [7, 11) is 6.77. The van der Waals surface area contributed by atoms with Crippen molar-refractivity contribution in [2.24, 2.45) is 11.7 Å². The van der Waals surface area contributed by atoms with E-state index in [-0.39, 0.29) is 21.9 Å². The highest BCUT2D eigenvalue weighted by Gasteiger charge is 2.37. The van der Waals surface area contributed by atoms with Crippen LogP contribution in [0.5, 0.6) is 11.5 Å². The van der Waals surface area contributed by atoms with E-state index in [1.54, 1.807) is 30.3 Å². The van der Waals surface area contributed by atoms with Gasteiger partial charge in [-0.1, -0.05) is 26.0 Å². The van der Waals surface area contributed by atoms with Crippen molar-refractivity contribution in [1.82, 2.24) is 9.69 Å². The van der Waals surface area contributed by atoms with E-state index in [0.717, 1.165) is 23.6 Å². The molecule has 0 aliphatic heterocycles. The Labute approximate surface area is 238 Å². The van der Waals surface area contributed by atoms with Crippen LogP contribution in [0.25, 0.3) is 0 Å². The monoisotopic (exact) mass is 568 g/mol. The largest absolute Gasteiger partial charge is 0.497 e. The van der Waals surface area contributed by atoms with Crippen molar-refractivity contribution in [2.45, 2.75) is 26.3 Å². The van der Waals surface area contributed by atoms with Crippen LogP contribution in [0.1, 0.15) is 52.0 Å². The molecule has 0 saturated carbocycles. The first-order valence-corrected chi connectivity index (χ1v) is 13.4.